The van der Waals surface area contributed by atoms with E-state index < -0.39 is 23.5 Å². The van der Waals surface area contributed by atoms with E-state index in [-0.39, 0.29) is 17.7 Å². The zero-order valence-electron chi connectivity index (χ0n) is 16.0. The summed E-state index contributed by atoms with van der Waals surface area (Å²) in [6, 6.07) is 15.9. The van der Waals surface area contributed by atoms with Crippen molar-refractivity contribution in [2.24, 2.45) is 0 Å². The van der Waals surface area contributed by atoms with Gasteiger partial charge in [-0.25, -0.2) is 4.79 Å². The minimum absolute atomic E-state index is 0.104. The van der Waals surface area contributed by atoms with Gasteiger partial charge < -0.3 is 4.74 Å². The summed E-state index contributed by atoms with van der Waals surface area (Å²) < 4.78 is 5.36. The van der Waals surface area contributed by atoms with Crippen molar-refractivity contribution in [3.8, 4) is 0 Å². The van der Waals surface area contributed by atoms with Crippen molar-refractivity contribution in [1.29, 1.82) is 0 Å². The summed E-state index contributed by atoms with van der Waals surface area (Å²) in [5.74, 6) is -1.23. The largest absolute Gasteiger partial charge is 0.442 e. The number of hydroxylamine groups is 4. The first kappa shape index (κ1) is 19.6. The van der Waals surface area contributed by atoms with Crippen LogP contribution in [-0.4, -0.2) is 40.2 Å². The second-order valence-corrected chi connectivity index (χ2v) is 7.35. The molecular formula is C21H22N2O5. The highest BCUT2D eigenvalue weighted by molar-refractivity contribution is 6.20. The quantitative estimate of drug-likeness (QED) is 0.583. The van der Waals surface area contributed by atoms with E-state index in [1.165, 1.54) is 0 Å². The van der Waals surface area contributed by atoms with Gasteiger partial charge in [0.25, 0.3) is 11.8 Å². The predicted octanol–water partition coefficient (Wildman–Crippen LogP) is 3.61. The Morgan fingerprint density at radius 1 is 0.929 bits per heavy atom. The van der Waals surface area contributed by atoms with Gasteiger partial charge in [-0.05, 0) is 44.9 Å². The average molecular weight is 382 g/mol. The third kappa shape index (κ3) is 4.37. The zero-order chi connectivity index (χ0) is 20.3. The Balaban J connectivity index is 1.78. The van der Waals surface area contributed by atoms with Gasteiger partial charge in [-0.1, -0.05) is 42.5 Å². The maximum atomic E-state index is 12.6. The highest BCUT2D eigenvalue weighted by Gasteiger charge is 2.39. The lowest BCUT2D eigenvalue weighted by Crippen LogP contribution is -2.44. The van der Waals surface area contributed by atoms with E-state index in [0.29, 0.717) is 11.5 Å². The third-order valence-corrected chi connectivity index (χ3v) is 3.98. The number of hydrogen-bond acceptors (Lipinski definition) is 5. The van der Waals surface area contributed by atoms with Crippen LogP contribution in [0.3, 0.4) is 0 Å². The number of amides is 3. The van der Waals surface area contributed by atoms with Crippen LogP contribution < -0.4 is 0 Å². The summed E-state index contributed by atoms with van der Waals surface area (Å²) in [7, 11) is 0. The minimum atomic E-state index is -0.778. The summed E-state index contributed by atoms with van der Waals surface area (Å²) in [5.41, 5.74) is 0.689. The van der Waals surface area contributed by atoms with Crippen LogP contribution in [-0.2, 0) is 16.1 Å². The molecule has 0 saturated carbocycles. The molecule has 0 spiro atoms. The van der Waals surface area contributed by atoms with E-state index >= 15 is 0 Å². The van der Waals surface area contributed by atoms with E-state index in [1.54, 1.807) is 45.0 Å². The molecule has 0 aliphatic carbocycles. The van der Waals surface area contributed by atoms with Gasteiger partial charge in [0.05, 0.1) is 17.7 Å². The summed E-state index contributed by atoms with van der Waals surface area (Å²) in [6.07, 6.45) is -0.316. The second kappa shape index (κ2) is 7.82. The lowest BCUT2D eigenvalue weighted by Gasteiger charge is -2.28. The number of fused-ring (bicyclic) bond motifs is 1. The van der Waals surface area contributed by atoms with E-state index in [9.17, 15) is 14.4 Å². The molecular weight excluding hydrogens is 360 g/mol. The van der Waals surface area contributed by atoms with Gasteiger partial charge in [0, 0.05) is 0 Å². The normalized spacial score (nSPS) is 13.5. The fourth-order valence-corrected chi connectivity index (χ4v) is 2.69. The van der Waals surface area contributed by atoms with Crippen LogP contribution in [0, 0.1) is 0 Å². The molecule has 1 heterocycles. The van der Waals surface area contributed by atoms with Crippen molar-refractivity contribution < 1.29 is 24.1 Å². The number of benzene rings is 2. The van der Waals surface area contributed by atoms with Crippen LogP contribution in [0.5, 0.6) is 0 Å². The molecule has 1 aliphatic heterocycles. The smallest absolute Gasteiger partial charge is 0.436 e. The molecule has 0 unspecified atom stereocenters. The number of ether oxygens (including phenoxy) is 1. The Morgan fingerprint density at radius 3 is 2.00 bits per heavy atom. The summed E-state index contributed by atoms with van der Waals surface area (Å²) in [4.78, 5) is 43.1. The topological polar surface area (TPSA) is 76.2 Å². The van der Waals surface area contributed by atoms with Crippen LogP contribution in [0.1, 0.15) is 47.1 Å². The number of carbonyl (C=O) groups is 3. The molecule has 7 nitrogen and oxygen atoms in total. The monoisotopic (exact) mass is 382 g/mol. The molecule has 7 heteroatoms. The number of hydrogen-bond donors (Lipinski definition) is 0. The second-order valence-electron chi connectivity index (χ2n) is 7.35. The molecule has 2 aromatic rings. The van der Waals surface area contributed by atoms with Gasteiger partial charge in [0.2, 0.25) is 0 Å². The zero-order valence-corrected chi connectivity index (χ0v) is 16.0. The van der Waals surface area contributed by atoms with Crippen molar-refractivity contribution in [1.82, 2.24) is 10.1 Å². The molecule has 3 rings (SSSR count). The number of carbonyl (C=O) groups excluding carboxylic acids is 3. The average Bonchev–Trinajstić information content (AvgIpc) is 2.89. The third-order valence-electron chi connectivity index (χ3n) is 3.98. The van der Waals surface area contributed by atoms with E-state index in [0.717, 1.165) is 10.6 Å². The molecule has 0 aromatic heterocycles. The standard InChI is InChI=1S/C21H22N2O5/c1-21(2,3)27-20(26)22(14-13-15-9-5-4-6-10-15)28-23-18(24)16-11-7-8-12-17(16)19(23)25/h4-12H,13-14H2,1-3H3. The van der Waals surface area contributed by atoms with Gasteiger partial charge in [-0.2, -0.15) is 5.06 Å². The minimum Gasteiger partial charge on any atom is -0.442 e. The Kier molecular flexibility index (Phi) is 5.46. The molecule has 28 heavy (non-hydrogen) atoms. The van der Waals surface area contributed by atoms with Crippen molar-refractivity contribution in [3.05, 3.63) is 71.3 Å². The number of nitrogens with zero attached hydrogens (tertiary/aromatic N) is 2. The van der Waals surface area contributed by atoms with Crippen LogP contribution >= 0.6 is 0 Å². The first-order valence-electron chi connectivity index (χ1n) is 8.96. The van der Waals surface area contributed by atoms with Gasteiger partial charge in [0.15, 0.2) is 0 Å². The SMILES string of the molecule is CC(C)(C)OC(=O)N(CCc1ccccc1)ON1C(=O)c2ccccc2C1=O. The lowest BCUT2D eigenvalue weighted by molar-refractivity contribution is -0.255. The number of rotatable bonds is 5. The molecule has 2 aromatic carbocycles. The van der Waals surface area contributed by atoms with Crippen molar-refractivity contribution in [2.75, 3.05) is 6.54 Å². The Bertz CT molecular complexity index is 854. The van der Waals surface area contributed by atoms with Gasteiger partial charge >= 0.3 is 6.09 Å². The predicted molar refractivity (Wildman–Crippen MR) is 101 cm³/mol. The molecule has 0 saturated heterocycles. The molecule has 0 N–H and O–H groups in total. The van der Waals surface area contributed by atoms with Crippen LogP contribution in [0.2, 0.25) is 0 Å². The summed E-state index contributed by atoms with van der Waals surface area (Å²) in [6.45, 7) is 5.28. The van der Waals surface area contributed by atoms with E-state index in [2.05, 4.69) is 0 Å². The Labute approximate surface area is 163 Å². The fourth-order valence-electron chi connectivity index (χ4n) is 2.69. The van der Waals surface area contributed by atoms with E-state index in [4.69, 9.17) is 9.68 Å². The number of imide groups is 1. The first-order chi connectivity index (χ1) is 13.3. The molecule has 3 amide bonds. The van der Waals surface area contributed by atoms with Crippen molar-refractivity contribution in [2.45, 2.75) is 32.8 Å². The fraction of sp³-hybridized carbons (Fsp3) is 0.286. The van der Waals surface area contributed by atoms with Crippen LogP contribution in [0.15, 0.2) is 54.6 Å². The van der Waals surface area contributed by atoms with Crippen molar-refractivity contribution >= 4 is 17.9 Å². The molecule has 146 valence electrons. The highest BCUT2D eigenvalue weighted by Crippen LogP contribution is 2.24. The Hall–Kier alpha value is -3.19. The van der Waals surface area contributed by atoms with Crippen LogP contribution in [0.25, 0.3) is 0 Å². The van der Waals surface area contributed by atoms with Gasteiger partial charge in [-0.15, -0.1) is 10.0 Å². The summed E-state index contributed by atoms with van der Waals surface area (Å²) >= 11 is 0. The maximum Gasteiger partial charge on any atom is 0.436 e. The molecule has 1 aliphatic rings. The van der Waals surface area contributed by atoms with Gasteiger partial charge in [0.1, 0.15) is 5.60 Å². The molecule has 0 radical (unpaired) electrons. The maximum absolute atomic E-state index is 12.6. The molecule has 0 atom stereocenters. The summed E-state index contributed by atoms with van der Waals surface area (Å²) in [5, 5.41) is 1.50. The molecule has 0 bridgehead atoms. The molecule has 0 fully saturated rings. The Morgan fingerprint density at radius 2 is 1.46 bits per heavy atom. The van der Waals surface area contributed by atoms with Crippen LogP contribution in [0.4, 0.5) is 4.79 Å². The van der Waals surface area contributed by atoms with Crippen molar-refractivity contribution in [3.63, 3.8) is 0 Å². The lowest BCUT2D eigenvalue weighted by atomic mass is 10.1. The highest BCUT2D eigenvalue weighted by atomic mass is 16.9. The van der Waals surface area contributed by atoms with E-state index in [1.807, 2.05) is 30.3 Å². The first-order valence-corrected chi connectivity index (χ1v) is 8.96. The van der Waals surface area contributed by atoms with Gasteiger partial charge in [-0.3, -0.25) is 9.59 Å².